The Labute approximate surface area is 101 Å². The molecule has 17 heavy (non-hydrogen) atoms. The van der Waals surface area contributed by atoms with Crippen LogP contribution in [0.1, 0.15) is 6.42 Å². The number of aromatic nitrogens is 4. The quantitative estimate of drug-likeness (QED) is 0.717. The average Bonchev–Trinajstić information content (AvgIpc) is 2.68. The van der Waals surface area contributed by atoms with Gasteiger partial charge in [-0.1, -0.05) is 13.1 Å². The molecule has 0 N–H and O–H groups in total. The Morgan fingerprint density at radius 3 is 2.71 bits per heavy atom. The fourth-order valence-corrected chi connectivity index (χ4v) is 5.27. The van der Waals surface area contributed by atoms with Gasteiger partial charge in [0.05, 0.1) is 0 Å². The first-order valence-electron chi connectivity index (χ1n) is 5.88. The molecule has 1 aliphatic heterocycles. The Bertz CT molecular complexity index is 551. The molecule has 3 heterocycles. The molecule has 0 aliphatic carbocycles. The Hall–Kier alpha value is -1.56. The summed E-state index contributed by atoms with van der Waals surface area (Å²) >= 11 is 0. The maximum absolute atomic E-state index is 4.43. The number of anilines is 1. The van der Waals surface area contributed by atoms with Gasteiger partial charge in [0.1, 0.15) is 11.8 Å². The summed E-state index contributed by atoms with van der Waals surface area (Å²) in [5, 5.41) is 0. The lowest BCUT2D eigenvalue weighted by Crippen LogP contribution is -2.43. The number of hydrogen-bond donors (Lipinski definition) is 0. The summed E-state index contributed by atoms with van der Waals surface area (Å²) < 4.78 is 2.45. The van der Waals surface area contributed by atoms with Crippen molar-refractivity contribution in [2.24, 2.45) is 0 Å². The number of rotatable bonds is 1. The van der Waals surface area contributed by atoms with Gasteiger partial charge >= 0.3 is 0 Å². The summed E-state index contributed by atoms with van der Waals surface area (Å²) in [6.45, 7) is 5.84. The summed E-state index contributed by atoms with van der Waals surface area (Å²) in [5.41, 5.74) is 1.52. The second-order valence-electron chi connectivity index (χ2n) is 4.99. The molecule has 88 valence electrons. The first-order valence-corrected chi connectivity index (χ1v) is 9.03. The van der Waals surface area contributed by atoms with E-state index >= 15 is 0 Å². The summed E-state index contributed by atoms with van der Waals surface area (Å²) in [5.74, 6) is 0.970. The normalized spacial score (nSPS) is 18.8. The highest BCUT2D eigenvalue weighted by molar-refractivity contribution is 6.81. The largest absolute Gasteiger partial charge is 0.381 e. The van der Waals surface area contributed by atoms with Crippen molar-refractivity contribution < 1.29 is 0 Å². The molecule has 6 heteroatoms. The molecule has 1 fully saturated rings. The van der Waals surface area contributed by atoms with Gasteiger partial charge in [-0.25, -0.2) is 19.9 Å². The maximum Gasteiger partial charge on any atom is 0.183 e. The van der Waals surface area contributed by atoms with E-state index < -0.39 is 8.24 Å². The Balaban J connectivity index is 2.17. The minimum absolute atomic E-state index is 0.689. The van der Waals surface area contributed by atoms with Crippen molar-refractivity contribution >= 4 is 25.2 Å². The molecule has 1 aliphatic rings. The van der Waals surface area contributed by atoms with Crippen molar-refractivity contribution in [1.82, 2.24) is 19.9 Å². The topological polar surface area (TPSA) is 54.8 Å². The van der Waals surface area contributed by atoms with Gasteiger partial charge in [0.2, 0.25) is 0 Å². The summed E-state index contributed by atoms with van der Waals surface area (Å²) in [6, 6.07) is 1.32. The molecule has 0 atom stereocenters. The highest BCUT2D eigenvalue weighted by Gasteiger charge is 2.36. The van der Waals surface area contributed by atoms with Crippen LogP contribution in [0.15, 0.2) is 18.7 Å². The zero-order chi connectivity index (χ0) is 11.9. The van der Waals surface area contributed by atoms with Gasteiger partial charge in [-0.05, 0) is 12.5 Å². The van der Waals surface area contributed by atoms with Crippen LogP contribution in [-0.2, 0) is 0 Å². The van der Waals surface area contributed by atoms with Gasteiger partial charge in [-0.2, -0.15) is 0 Å². The van der Waals surface area contributed by atoms with Crippen LogP contribution in [0.3, 0.4) is 0 Å². The van der Waals surface area contributed by atoms with Gasteiger partial charge in [-0.3, -0.25) is 0 Å². The molecular weight excluding hydrogens is 230 g/mol. The van der Waals surface area contributed by atoms with Crippen LogP contribution in [0.2, 0.25) is 19.1 Å². The molecule has 0 aromatic carbocycles. The first kappa shape index (κ1) is 10.6. The molecule has 0 spiro atoms. The zero-order valence-electron chi connectivity index (χ0n) is 10.1. The summed E-state index contributed by atoms with van der Waals surface area (Å²) in [4.78, 5) is 17.2. The molecule has 0 amide bonds. The van der Waals surface area contributed by atoms with Crippen LogP contribution in [-0.4, -0.2) is 34.7 Å². The lowest BCUT2D eigenvalue weighted by Gasteiger charge is -2.30. The van der Waals surface area contributed by atoms with E-state index in [0.717, 1.165) is 17.9 Å². The van der Waals surface area contributed by atoms with Crippen LogP contribution in [0, 0.1) is 0 Å². The van der Waals surface area contributed by atoms with E-state index in [1.165, 1.54) is 12.5 Å². The van der Waals surface area contributed by atoms with Gasteiger partial charge in [0.15, 0.2) is 19.7 Å². The summed E-state index contributed by atoms with van der Waals surface area (Å²) in [6.07, 6.45) is 6.23. The second kappa shape index (κ2) is 3.73. The van der Waals surface area contributed by atoms with E-state index in [1.807, 2.05) is 0 Å². The molecule has 1 saturated heterocycles. The SMILES string of the molecule is C[Si]1(C)CCCN1c1ncnc2nccnc12. The van der Waals surface area contributed by atoms with Crippen LogP contribution in [0.4, 0.5) is 5.82 Å². The third-order valence-corrected chi connectivity index (χ3v) is 6.88. The average molecular weight is 245 g/mol. The smallest absolute Gasteiger partial charge is 0.183 e. The molecule has 0 unspecified atom stereocenters. The van der Waals surface area contributed by atoms with E-state index in [1.54, 1.807) is 18.7 Å². The highest BCUT2D eigenvalue weighted by Crippen LogP contribution is 2.32. The number of hydrogen-bond acceptors (Lipinski definition) is 5. The van der Waals surface area contributed by atoms with E-state index in [-0.39, 0.29) is 0 Å². The third-order valence-electron chi connectivity index (χ3n) is 3.41. The predicted molar refractivity (Wildman–Crippen MR) is 69.4 cm³/mol. The monoisotopic (exact) mass is 245 g/mol. The molecule has 5 nitrogen and oxygen atoms in total. The standard InChI is InChI=1S/C11H15N5Si/c1-17(2)7-3-6-16(17)11-9-10(14-8-15-11)13-5-4-12-9/h4-5,8H,3,6-7H2,1-2H3. The van der Waals surface area contributed by atoms with Crippen molar-refractivity contribution in [2.75, 3.05) is 11.1 Å². The fraction of sp³-hybridized carbons (Fsp3) is 0.455. The lowest BCUT2D eigenvalue weighted by molar-refractivity contribution is 0.962. The van der Waals surface area contributed by atoms with Gasteiger partial charge in [-0.15, -0.1) is 0 Å². The van der Waals surface area contributed by atoms with E-state index in [2.05, 4.69) is 37.6 Å². The van der Waals surface area contributed by atoms with Crippen LogP contribution < -0.4 is 4.57 Å². The molecule has 0 saturated carbocycles. The van der Waals surface area contributed by atoms with Crippen molar-refractivity contribution in [3.8, 4) is 0 Å². The molecule has 0 bridgehead atoms. The highest BCUT2D eigenvalue weighted by atomic mass is 28.3. The van der Waals surface area contributed by atoms with Crippen LogP contribution in [0.25, 0.3) is 11.2 Å². The minimum atomic E-state index is -1.35. The molecule has 2 aromatic rings. The predicted octanol–water partition coefficient (Wildman–Crippen LogP) is 1.83. The van der Waals surface area contributed by atoms with Crippen LogP contribution in [0.5, 0.6) is 0 Å². The molecule has 3 rings (SSSR count). The fourth-order valence-electron chi connectivity index (χ4n) is 2.48. The molecule has 2 aromatic heterocycles. The van der Waals surface area contributed by atoms with E-state index in [0.29, 0.717) is 5.65 Å². The Morgan fingerprint density at radius 1 is 1.12 bits per heavy atom. The third kappa shape index (κ3) is 1.68. The number of nitrogens with zero attached hydrogens (tertiary/aromatic N) is 5. The number of fused-ring (bicyclic) bond motifs is 1. The van der Waals surface area contributed by atoms with Crippen molar-refractivity contribution in [3.05, 3.63) is 18.7 Å². The minimum Gasteiger partial charge on any atom is -0.381 e. The lowest BCUT2D eigenvalue weighted by atomic mass is 10.4. The van der Waals surface area contributed by atoms with Gasteiger partial charge < -0.3 is 4.57 Å². The first-order chi connectivity index (χ1) is 8.18. The summed E-state index contributed by atoms with van der Waals surface area (Å²) in [7, 11) is -1.35. The van der Waals surface area contributed by atoms with E-state index in [4.69, 9.17) is 0 Å². The van der Waals surface area contributed by atoms with Crippen molar-refractivity contribution in [2.45, 2.75) is 25.6 Å². The van der Waals surface area contributed by atoms with Crippen LogP contribution >= 0.6 is 0 Å². The van der Waals surface area contributed by atoms with Crippen molar-refractivity contribution in [3.63, 3.8) is 0 Å². The Morgan fingerprint density at radius 2 is 1.94 bits per heavy atom. The second-order valence-corrected chi connectivity index (χ2v) is 9.66. The maximum atomic E-state index is 4.43. The zero-order valence-corrected chi connectivity index (χ0v) is 11.1. The van der Waals surface area contributed by atoms with Crippen molar-refractivity contribution in [1.29, 1.82) is 0 Å². The Kier molecular flexibility index (Phi) is 2.32. The van der Waals surface area contributed by atoms with Gasteiger partial charge in [0, 0.05) is 18.9 Å². The molecular formula is C11H15N5Si. The molecule has 0 radical (unpaired) electrons. The van der Waals surface area contributed by atoms with Gasteiger partial charge in [0.25, 0.3) is 0 Å². The van der Waals surface area contributed by atoms with E-state index in [9.17, 15) is 0 Å².